The number of anilines is 1. The van der Waals surface area contributed by atoms with Crippen LogP contribution in [0.3, 0.4) is 0 Å². The number of nitrogens with zero attached hydrogens (tertiary/aromatic N) is 2. The fraction of sp³-hybridized carbons (Fsp3) is 0.279. The summed E-state index contributed by atoms with van der Waals surface area (Å²) in [6.45, 7) is 2.43. The third-order valence-corrected chi connectivity index (χ3v) is 13.0. The summed E-state index contributed by atoms with van der Waals surface area (Å²) in [5.41, 5.74) is 4.25. The molecule has 1 aliphatic heterocycles. The summed E-state index contributed by atoms with van der Waals surface area (Å²) in [6.07, 6.45) is 3.24. The Morgan fingerprint density at radius 1 is 0.929 bits per heavy atom. The summed E-state index contributed by atoms with van der Waals surface area (Å²) < 4.78 is 29.1. The van der Waals surface area contributed by atoms with E-state index in [1.165, 1.54) is 17.7 Å². The van der Waals surface area contributed by atoms with E-state index in [9.17, 15) is 23.3 Å². The van der Waals surface area contributed by atoms with E-state index in [0.29, 0.717) is 17.2 Å². The van der Waals surface area contributed by atoms with Crippen LogP contribution in [0.1, 0.15) is 40.7 Å². The van der Waals surface area contributed by atoms with Gasteiger partial charge in [0.2, 0.25) is 0 Å². The standard InChI is InChI=1S/C43H46ClN5O5S2/c1-48(2)27-22-36(30-55-37-9-4-3-5-10-37)46-40-21-20-38(28-41(40)49(51)52)56(53,54)47-42(50)32-12-16-34(17-13-32)43(23-25-45-26-24-43)29-33-8-6-7-11-39(33)31-14-18-35(44)19-15-31/h3-21,28,36,45-46H,22-27,29-30H2,1-2H3,(H,47,50)/t36-/m1/s1. The molecule has 5 aromatic carbocycles. The van der Waals surface area contributed by atoms with Gasteiger partial charge in [-0.05, 0) is 130 Å². The summed E-state index contributed by atoms with van der Waals surface area (Å²) in [4.78, 5) is 27.8. The van der Waals surface area contributed by atoms with Crippen LogP contribution in [0, 0.1) is 10.1 Å². The number of nitro groups is 1. The summed E-state index contributed by atoms with van der Waals surface area (Å²) >= 11 is 7.81. The lowest BCUT2D eigenvalue weighted by Gasteiger charge is -2.39. The monoisotopic (exact) mass is 811 g/mol. The SMILES string of the molecule is CN(C)CC[C@H](CSc1ccccc1)Nc1ccc(S(=O)(=O)NC(=O)c2ccc(C3(Cc4ccccc4-c4ccc(Cl)cc4)CCNCC3)cc2)cc1[N+](=O)[O-]. The first kappa shape index (κ1) is 40.9. The zero-order valence-electron chi connectivity index (χ0n) is 31.4. The van der Waals surface area contributed by atoms with Gasteiger partial charge in [-0.25, -0.2) is 13.1 Å². The van der Waals surface area contributed by atoms with E-state index in [2.05, 4.69) is 27.5 Å². The summed E-state index contributed by atoms with van der Waals surface area (Å²) in [5, 5.41) is 19.7. The average molecular weight is 812 g/mol. The first-order valence-electron chi connectivity index (χ1n) is 18.5. The molecule has 56 heavy (non-hydrogen) atoms. The van der Waals surface area contributed by atoms with Crippen LogP contribution in [0.4, 0.5) is 11.4 Å². The zero-order chi connectivity index (χ0) is 39.7. The topological polar surface area (TPSA) is 134 Å². The molecule has 13 heteroatoms. The van der Waals surface area contributed by atoms with Gasteiger partial charge in [-0.3, -0.25) is 14.9 Å². The Bertz CT molecular complexity index is 2230. The molecule has 10 nitrogen and oxygen atoms in total. The molecular weight excluding hydrogens is 766 g/mol. The van der Waals surface area contributed by atoms with Crippen LogP contribution in [-0.4, -0.2) is 69.7 Å². The van der Waals surface area contributed by atoms with Gasteiger partial charge in [0.25, 0.3) is 21.6 Å². The van der Waals surface area contributed by atoms with Crippen molar-refractivity contribution in [1.82, 2.24) is 14.9 Å². The van der Waals surface area contributed by atoms with Crippen molar-refractivity contribution < 1.29 is 18.1 Å². The molecular formula is C43H46ClN5O5S2. The van der Waals surface area contributed by atoms with E-state index in [1.54, 1.807) is 23.9 Å². The Kier molecular flexibility index (Phi) is 13.5. The zero-order valence-corrected chi connectivity index (χ0v) is 33.8. The maximum atomic E-state index is 13.5. The molecule has 0 radical (unpaired) electrons. The third kappa shape index (κ3) is 10.4. The Labute approximate surface area is 338 Å². The highest BCUT2D eigenvalue weighted by Crippen LogP contribution is 2.40. The van der Waals surface area contributed by atoms with Gasteiger partial charge in [0, 0.05) is 38.8 Å². The molecule has 1 aliphatic rings. The molecule has 0 aromatic heterocycles. The fourth-order valence-electron chi connectivity index (χ4n) is 7.13. The fourth-order valence-corrected chi connectivity index (χ4v) is 9.25. The number of rotatable bonds is 16. The van der Waals surface area contributed by atoms with Crippen LogP contribution in [0.5, 0.6) is 0 Å². The molecule has 292 valence electrons. The van der Waals surface area contributed by atoms with Crippen LogP contribution in [-0.2, 0) is 21.9 Å². The maximum absolute atomic E-state index is 13.5. The van der Waals surface area contributed by atoms with Crippen LogP contribution in [0.2, 0.25) is 5.02 Å². The smallest absolute Gasteiger partial charge is 0.293 e. The third-order valence-electron chi connectivity index (χ3n) is 10.2. The van der Waals surface area contributed by atoms with Crippen LogP contribution in [0.15, 0.2) is 131 Å². The van der Waals surface area contributed by atoms with Crippen molar-refractivity contribution in [3.8, 4) is 11.1 Å². The second kappa shape index (κ2) is 18.5. The molecule has 5 aromatic rings. The number of nitrogens with one attached hydrogen (secondary N) is 3. The summed E-state index contributed by atoms with van der Waals surface area (Å²) in [6, 6.07) is 36.7. The van der Waals surface area contributed by atoms with Gasteiger partial charge in [0.1, 0.15) is 5.69 Å². The van der Waals surface area contributed by atoms with Gasteiger partial charge in [-0.2, -0.15) is 0 Å². The van der Waals surface area contributed by atoms with Crippen LogP contribution >= 0.6 is 23.4 Å². The predicted octanol–water partition coefficient (Wildman–Crippen LogP) is 8.42. The van der Waals surface area contributed by atoms with Crippen molar-refractivity contribution in [3.05, 3.63) is 153 Å². The number of benzene rings is 5. The van der Waals surface area contributed by atoms with Crippen molar-refractivity contribution in [2.45, 2.75) is 46.9 Å². The number of hydrogen-bond donors (Lipinski definition) is 3. The quantitative estimate of drug-likeness (QED) is 0.0510. The molecule has 6 rings (SSSR count). The minimum Gasteiger partial charge on any atom is -0.376 e. The number of thioether (sulfide) groups is 1. The maximum Gasteiger partial charge on any atom is 0.293 e. The first-order valence-corrected chi connectivity index (χ1v) is 21.4. The molecule has 1 saturated heterocycles. The van der Waals surface area contributed by atoms with Crippen LogP contribution in [0.25, 0.3) is 11.1 Å². The van der Waals surface area contributed by atoms with Crippen molar-refractivity contribution in [2.24, 2.45) is 0 Å². The predicted molar refractivity (Wildman–Crippen MR) is 226 cm³/mol. The van der Waals surface area contributed by atoms with Crippen molar-refractivity contribution in [1.29, 1.82) is 0 Å². The molecule has 0 bridgehead atoms. The lowest BCUT2D eigenvalue weighted by Crippen LogP contribution is -2.41. The minimum absolute atomic E-state index is 0.145. The van der Waals surface area contributed by atoms with Gasteiger partial charge in [0.15, 0.2) is 0 Å². The van der Waals surface area contributed by atoms with Gasteiger partial charge in [-0.15, -0.1) is 11.8 Å². The van der Waals surface area contributed by atoms with Crippen molar-refractivity contribution in [3.63, 3.8) is 0 Å². The second-order valence-electron chi connectivity index (χ2n) is 14.4. The van der Waals surface area contributed by atoms with E-state index in [-0.39, 0.29) is 27.6 Å². The lowest BCUT2D eigenvalue weighted by molar-refractivity contribution is -0.384. The van der Waals surface area contributed by atoms with Crippen LogP contribution < -0.4 is 15.4 Å². The normalized spacial score (nSPS) is 14.6. The molecule has 1 amide bonds. The highest BCUT2D eigenvalue weighted by molar-refractivity contribution is 7.99. The van der Waals surface area contributed by atoms with Crippen molar-refractivity contribution in [2.75, 3.05) is 44.8 Å². The van der Waals surface area contributed by atoms with E-state index in [0.717, 1.165) is 66.5 Å². The molecule has 0 spiro atoms. The van der Waals surface area contributed by atoms with Crippen molar-refractivity contribution >= 4 is 50.7 Å². The van der Waals surface area contributed by atoms with E-state index in [4.69, 9.17) is 11.6 Å². The second-order valence-corrected chi connectivity index (χ2v) is 17.6. The van der Waals surface area contributed by atoms with E-state index in [1.807, 2.05) is 97.9 Å². The molecule has 1 fully saturated rings. The Hall–Kier alpha value is -4.72. The van der Waals surface area contributed by atoms with Gasteiger partial charge >= 0.3 is 0 Å². The molecule has 1 heterocycles. The largest absolute Gasteiger partial charge is 0.376 e. The number of hydrogen-bond acceptors (Lipinski definition) is 9. The number of carbonyl (C=O) groups is 1. The Morgan fingerprint density at radius 3 is 2.29 bits per heavy atom. The number of sulfonamides is 1. The number of carbonyl (C=O) groups excluding carboxylic acids is 1. The highest BCUT2D eigenvalue weighted by Gasteiger charge is 2.35. The van der Waals surface area contributed by atoms with Gasteiger partial charge in [-0.1, -0.05) is 78.3 Å². The van der Waals surface area contributed by atoms with Gasteiger partial charge < -0.3 is 15.5 Å². The number of piperidine rings is 1. The molecule has 0 saturated carbocycles. The average Bonchev–Trinajstić information content (AvgIpc) is 3.20. The molecule has 0 unspecified atom stereocenters. The number of nitro benzene ring substituents is 1. The summed E-state index contributed by atoms with van der Waals surface area (Å²) in [5.74, 6) is -0.186. The molecule has 3 N–H and O–H groups in total. The minimum atomic E-state index is -4.45. The molecule has 1 atom stereocenters. The lowest BCUT2D eigenvalue weighted by atomic mass is 9.68. The highest BCUT2D eigenvalue weighted by atomic mass is 35.5. The van der Waals surface area contributed by atoms with E-state index >= 15 is 0 Å². The number of halogens is 1. The Morgan fingerprint density at radius 2 is 1.61 bits per heavy atom. The number of amides is 1. The molecule has 0 aliphatic carbocycles. The van der Waals surface area contributed by atoms with E-state index < -0.39 is 26.5 Å². The Balaban J connectivity index is 1.18. The first-order chi connectivity index (χ1) is 26.9. The van der Waals surface area contributed by atoms with Gasteiger partial charge in [0.05, 0.1) is 9.82 Å². The summed E-state index contributed by atoms with van der Waals surface area (Å²) in [7, 11) is -0.532.